The van der Waals surface area contributed by atoms with Crippen molar-refractivity contribution >= 4 is 17.9 Å². The van der Waals surface area contributed by atoms with Gasteiger partial charge in [-0.2, -0.15) is 0 Å². The normalized spacial score (nSPS) is 10.5. The van der Waals surface area contributed by atoms with Crippen molar-refractivity contribution < 1.29 is 14.6 Å². The smallest absolute Gasteiger partial charge is 0.338 e. The van der Waals surface area contributed by atoms with Gasteiger partial charge < -0.3 is 9.84 Å². The molecule has 21 heavy (non-hydrogen) atoms. The second-order valence-corrected chi connectivity index (χ2v) is 4.48. The lowest BCUT2D eigenvalue weighted by Gasteiger charge is -2.05. The van der Waals surface area contributed by atoms with Crippen LogP contribution in [0.2, 0.25) is 0 Å². The molecule has 4 heteroatoms. The average molecular weight is 281 g/mol. The molecular formula is C17H15NO3. The Morgan fingerprint density at radius 3 is 2.57 bits per heavy atom. The van der Waals surface area contributed by atoms with Gasteiger partial charge in [0, 0.05) is 23.4 Å². The Balaban J connectivity index is 2.14. The zero-order chi connectivity index (χ0) is 15.2. The van der Waals surface area contributed by atoms with Crippen LogP contribution in [0.1, 0.15) is 12.5 Å². The van der Waals surface area contributed by atoms with Crippen LogP contribution in [0, 0.1) is 0 Å². The van der Waals surface area contributed by atoms with Gasteiger partial charge in [-0.1, -0.05) is 24.8 Å². The van der Waals surface area contributed by atoms with Gasteiger partial charge in [-0.25, -0.2) is 4.79 Å². The predicted octanol–water partition coefficient (Wildman–Crippen LogP) is 3.62. The summed E-state index contributed by atoms with van der Waals surface area (Å²) in [6.07, 6.45) is 1.55. The highest BCUT2D eigenvalue weighted by Gasteiger charge is 2.07. The lowest BCUT2D eigenvalue weighted by molar-refractivity contribution is -0.130. The maximum Gasteiger partial charge on any atom is 0.338 e. The summed E-state index contributed by atoms with van der Waals surface area (Å²) in [6, 6.07) is 14.0. The molecule has 0 heterocycles. The predicted molar refractivity (Wildman–Crippen MR) is 82.3 cm³/mol. The van der Waals surface area contributed by atoms with E-state index in [1.54, 1.807) is 25.3 Å². The first-order chi connectivity index (χ1) is 10.1. The third-order valence-corrected chi connectivity index (χ3v) is 2.67. The summed E-state index contributed by atoms with van der Waals surface area (Å²) in [5, 5.41) is 9.92. The van der Waals surface area contributed by atoms with Crippen LogP contribution < -0.4 is 4.74 Å². The number of phenolic OH excluding ortho intramolecular Hbond substituents is 1. The molecule has 0 aromatic heterocycles. The van der Waals surface area contributed by atoms with E-state index in [0.29, 0.717) is 11.1 Å². The molecule has 0 amide bonds. The summed E-state index contributed by atoms with van der Waals surface area (Å²) < 4.78 is 5.03. The van der Waals surface area contributed by atoms with Gasteiger partial charge in [0.2, 0.25) is 0 Å². The lowest BCUT2D eigenvalue weighted by Crippen LogP contribution is -2.08. The second kappa shape index (κ2) is 6.52. The van der Waals surface area contributed by atoms with Crippen LogP contribution in [0.25, 0.3) is 0 Å². The van der Waals surface area contributed by atoms with Crippen LogP contribution in [0.3, 0.4) is 0 Å². The molecule has 0 saturated carbocycles. The molecule has 0 aliphatic carbocycles. The van der Waals surface area contributed by atoms with Gasteiger partial charge in [0.25, 0.3) is 0 Å². The van der Waals surface area contributed by atoms with Crippen molar-refractivity contribution in [2.24, 2.45) is 4.99 Å². The summed E-state index contributed by atoms with van der Waals surface area (Å²) in [7, 11) is 0. The number of nitrogens with zero attached hydrogens (tertiary/aromatic N) is 1. The molecule has 106 valence electrons. The van der Waals surface area contributed by atoms with Gasteiger partial charge in [-0.05, 0) is 31.2 Å². The van der Waals surface area contributed by atoms with Crippen LogP contribution in [-0.4, -0.2) is 17.3 Å². The maximum atomic E-state index is 11.4. The summed E-state index contributed by atoms with van der Waals surface area (Å²) in [5.41, 5.74) is 1.62. The van der Waals surface area contributed by atoms with E-state index in [4.69, 9.17) is 4.74 Å². The van der Waals surface area contributed by atoms with Crippen molar-refractivity contribution in [2.45, 2.75) is 6.92 Å². The largest absolute Gasteiger partial charge is 0.507 e. The van der Waals surface area contributed by atoms with Crippen molar-refractivity contribution in [2.75, 3.05) is 0 Å². The van der Waals surface area contributed by atoms with Gasteiger partial charge in [-0.15, -0.1) is 0 Å². The van der Waals surface area contributed by atoms with Crippen LogP contribution in [0.15, 0.2) is 65.7 Å². The summed E-state index contributed by atoms with van der Waals surface area (Å²) in [6.45, 7) is 5.05. The Morgan fingerprint density at radius 1 is 1.24 bits per heavy atom. The zero-order valence-corrected chi connectivity index (χ0v) is 11.6. The molecule has 0 saturated heterocycles. The topological polar surface area (TPSA) is 58.9 Å². The molecule has 1 N–H and O–H groups in total. The van der Waals surface area contributed by atoms with Crippen LogP contribution in [-0.2, 0) is 4.79 Å². The minimum Gasteiger partial charge on any atom is -0.507 e. The van der Waals surface area contributed by atoms with Gasteiger partial charge in [0.15, 0.2) is 0 Å². The van der Waals surface area contributed by atoms with E-state index in [1.165, 1.54) is 6.07 Å². The molecule has 0 radical (unpaired) electrons. The van der Waals surface area contributed by atoms with Gasteiger partial charge in [0.1, 0.15) is 11.5 Å². The van der Waals surface area contributed by atoms with Gasteiger partial charge in [-0.3, -0.25) is 4.99 Å². The first kappa shape index (κ1) is 14.5. The Hall–Kier alpha value is -2.88. The van der Waals surface area contributed by atoms with Crippen LogP contribution >= 0.6 is 0 Å². The number of ether oxygens (including phenoxy) is 1. The van der Waals surface area contributed by atoms with E-state index in [2.05, 4.69) is 11.6 Å². The summed E-state index contributed by atoms with van der Waals surface area (Å²) >= 11 is 0. The standard InChI is InChI=1S/C17H15NO3/c1-12(2)17(20)21-15-9-8-13(16(19)10-15)11-18-14-6-4-3-5-7-14/h3-11,19H,1H2,2H3. The van der Waals surface area contributed by atoms with Crippen molar-refractivity contribution in [1.82, 2.24) is 0 Å². The Kier molecular flexibility index (Phi) is 4.51. The molecular weight excluding hydrogens is 266 g/mol. The fraction of sp³-hybridized carbons (Fsp3) is 0.0588. The lowest BCUT2D eigenvalue weighted by atomic mass is 10.2. The number of rotatable bonds is 4. The highest BCUT2D eigenvalue weighted by molar-refractivity contribution is 5.89. The SMILES string of the molecule is C=C(C)C(=O)Oc1ccc(C=Nc2ccccc2)c(O)c1. The van der Waals surface area contributed by atoms with Gasteiger partial charge >= 0.3 is 5.97 Å². The fourth-order valence-corrected chi connectivity index (χ4v) is 1.55. The number of carbonyl (C=O) groups excluding carboxylic acids is 1. The number of hydrogen-bond donors (Lipinski definition) is 1. The number of phenols is 1. The molecule has 2 rings (SSSR count). The fourth-order valence-electron chi connectivity index (χ4n) is 1.55. The van der Waals surface area contributed by atoms with Crippen molar-refractivity contribution in [3.05, 3.63) is 66.2 Å². The molecule has 0 aliphatic rings. The highest BCUT2D eigenvalue weighted by atomic mass is 16.5. The maximum absolute atomic E-state index is 11.4. The molecule has 2 aromatic rings. The Bertz CT molecular complexity index is 690. The average Bonchev–Trinajstić information content (AvgIpc) is 2.47. The molecule has 0 unspecified atom stereocenters. The van der Waals surface area contributed by atoms with Crippen molar-refractivity contribution in [3.8, 4) is 11.5 Å². The molecule has 0 bridgehead atoms. The van der Waals surface area contributed by atoms with Gasteiger partial charge in [0.05, 0.1) is 5.69 Å². The number of aliphatic imine (C=N–C) groups is 1. The third-order valence-electron chi connectivity index (χ3n) is 2.67. The number of hydrogen-bond acceptors (Lipinski definition) is 4. The number of para-hydroxylation sites is 1. The molecule has 0 fully saturated rings. The molecule has 4 nitrogen and oxygen atoms in total. The van der Waals surface area contributed by atoms with E-state index in [1.807, 2.05) is 30.3 Å². The summed E-state index contributed by atoms with van der Waals surface area (Å²) in [4.78, 5) is 15.6. The molecule has 0 aliphatic heterocycles. The van der Waals surface area contributed by atoms with Crippen molar-refractivity contribution in [1.29, 1.82) is 0 Å². The van der Waals surface area contributed by atoms with Crippen LogP contribution in [0.4, 0.5) is 5.69 Å². The monoisotopic (exact) mass is 281 g/mol. The third kappa shape index (κ3) is 4.04. The molecule has 2 aromatic carbocycles. The molecule has 0 atom stereocenters. The zero-order valence-electron chi connectivity index (χ0n) is 11.6. The second-order valence-electron chi connectivity index (χ2n) is 4.48. The first-order valence-corrected chi connectivity index (χ1v) is 6.36. The van der Waals surface area contributed by atoms with Crippen LogP contribution in [0.5, 0.6) is 11.5 Å². The quantitative estimate of drug-likeness (QED) is 0.403. The minimum atomic E-state index is -0.528. The summed E-state index contributed by atoms with van der Waals surface area (Å²) in [5.74, 6) is -0.279. The number of aromatic hydroxyl groups is 1. The van der Waals surface area contributed by atoms with E-state index < -0.39 is 5.97 Å². The highest BCUT2D eigenvalue weighted by Crippen LogP contribution is 2.23. The van der Waals surface area contributed by atoms with E-state index in [0.717, 1.165) is 5.69 Å². The van der Waals surface area contributed by atoms with Crippen molar-refractivity contribution in [3.63, 3.8) is 0 Å². The van der Waals surface area contributed by atoms with E-state index in [-0.39, 0.29) is 11.5 Å². The number of esters is 1. The first-order valence-electron chi connectivity index (χ1n) is 6.36. The van der Waals surface area contributed by atoms with E-state index in [9.17, 15) is 9.90 Å². The Morgan fingerprint density at radius 2 is 1.95 bits per heavy atom. The number of carbonyl (C=O) groups is 1. The molecule has 0 spiro atoms. The number of benzene rings is 2. The minimum absolute atomic E-state index is 0.0123. The van der Waals surface area contributed by atoms with E-state index >= 15 is 0 Å². The Labute approximate surface area is 123 Å².